The van der Waals surface area contributed by atoms with Crippen molar-refractivity contribution in [3.05, 3.63) is 66.2 Å². The summed E-state index contributed by atoms with van der Waals surface area (Å²) in [4.78, 5) is 11.1. The van der Waals surface area contributed by atoms with E-state index >= 15 is 0 Å². The number of anilines is 4. The van der Waals surface area contributed by atoms with Gasteiger partial charge in [0.15, 0.2) is 0 Å². The van der Waals surface area contributed by atoms with Crippen molar-refractivity contribution in [2.45, 2.75) is 24.7 Å². The van der Waals surface area contributed by atoms with E-state index in [1.54, 1.807) is 24.3 Å². The van der Waals surface area contributed by atoms with Gasteiger partial charge in [0.2, 0.25) is 0 Å². The van der Waals surface area contributed by atoms with Crippen molar-refractivity contribution < 1.29 is 12.8 Å². The molecule has 1 aromatic heterocycles. The molecule has 0 unspecified atom stereocenters. The third-order valence-electron chi connectivity index (χ3n) is 4.77. The molecule has 156 valence electrons. The quantitative estimate of drug-likeness (QED) is 0.617. The van der Waals surface area contributed by atoms with Gasteiger partial charge in [-0.25, -0.2) is 22.8 Å². The number of benzene rings is 2. The minimum Gasteiger partial charge on any atom is -0.356 e. The van der Waals surface area contributed by atoms with E-state index in [4.69, 9.17) is 0 Å². The summed E-state index contributed by atoms with van der Waals surface area (Å²) < 4.78 is 40.6. The van der Waals surface area contributed by atoms with Crippen LogP contribution in [0.4, 0.5) is 27.4 Å². The molecular weight excluding hydrogens is 405 g/mol. The predicted molar refractivity (Wildman–Crippen MR) is 115 cm³/mol. The summed E-state index contributed by atoms with van der Waals surface area (Å²) in [6, 6.07) is 13.6. The first-order valence-electron chi connectivity index (χ1n) is 9.65. The first-order valence-corrected chi connectivity index (χ1v) is 11.1. The summed E-state index contributed by atoms with van der Waals surface area (Å²) in [6.45, 7) is 3.85. The van der Waals surface area contributed by atoms with Gasteiger partial charge in [0.05, 0.1) is 4.90 Å². The number of nitrogens with one attached hydrogen (secondary N) is 2. The molecule has 1 aliphatic heterocycles. The number of sulfonamides is 1. The lowest BCUT2D eigenvalue weighted by Crippen LogP contribution is -2.19. The maximum atomic E-state index is 13.3. The summed E-state index contributed by atoms with van der Waals surface area (Å²) in [5.74, 6) is 1.66. The highest BCUT2D eigenvalue weighted by Crippen LogP contribution is 2.24. The normalized spacial score (nSPS) is 14.0. The van der Waals surface area contributed by atoms with Crippen LogP contribution in [0.1, 0.15) is 18.7 Å². The highest BCUT2D eigenvalue weighted by Gasteiger charge is 2.16. The van der Waals surface area contributed by atoms with Crippen molar-refractivity contribution in [3.8, 4) is 0 Å². The Morgan fingerprint density at radius 2 is 1.67 bits per heavy atom. The van der Waals surface area contributed by atoms with E-state index in [-0.39, 0.29) is 4.90 Å². The van der Waals surface area contributed by atoms with E-state index < -0.39 is 15.8 Å². The number of rotatable bonds is 6. The van der Waals surface area contributed by atoms with Crippen molar-refractivity contribution in [2.75, 3.05) is 28.0 Å². The average Bonchev–Trinajstić information content (AvgIpc) is 3.24. The van der Waals surface area contributed by atoms with Crippen LogP contribution in [0.25, 0.3) is 0 Å². The van der Waals surface area contributed by atoms with E-state index in [0.29, 0.717) is 17.3 Å². The summed E-state index contributed by atoms with van der Waals surface area (Å²) in [5, 5.41) is 3.23. The van der Waals surface area contributed by atoms with Crippen LogP contribution in [0.2, 0.25) is 0 Å². The molecule has 0 spiro atoms. The Kier molecular flexibility index (Phi) is 5.54. The van der Waals surface area contributed by atoms with Gasteiger partial charge in [-0.2, -0.15) is 0 Å². The van der Waals surface area contributed by atoms with Crippen molar-refractivity contribution >= 4 is 33.0 Å². The van der Waals surface area contributed by atoms with E-state index in [2.05, 4.69) is 24.9 Å². The zero-order valence-electron chi connectivity index (χ0n) is 16.5. The number of aryl methyl sites for hydroxylation is 1. The summed E-state index contributed by atoms with van der Waals surface area (Å²) in [5.41, 5.74) is 1.13. The predicted octanol–water partition coefficient (Wildman–Crippen LogP) is 4.07. The lowest BCUT2D eigenvalue weighted by Gasteiger charge is -2.18. The Morgan fingerprint density at radius 1 is 0.967 bits per heavy atom. The van der Waals surface area contributed by atoms with Crippen LogP contribution in [0, 0.1) is 12.7 Å². The minimum atomic E-state index is -3.86. The second-order valence-electron chi connectivity index (χ2n) is 7.12. The number of halogens is 1. The molecule has 2 aromatic carbocycles. The molecule has 3 aromatic rings. The Bertz CT molecular complexity index is 1150. The highest BCUT2D eigenvalue weighted by molar-refractivity contribution is 7.92. The van der Waals surface area contributed by atoms with Crippen LogP contribution >= 0.6 is 0 Å². The monoisotopic (exact) mass is 427 g/mol. The first-order chi connectivity index (χ1) is 14.4. The maximum absolute atomic E-state index is 13.3. The van der Waals surface area contributed by atoms with Gasteiger partial charge in [-0.05, 0) is 62.2 Å². The molecule has 2 N–H and O–H groups in total. The van der Waals surface area contributed by atoms with Gasteiger partial charge >= 0.3 is 0 Å². The molecule has 7 nitrogen and oxygen atoms in total. The van der Waals surface area contributed by atoms with E-state index in [1.807, 2.05) is 13.0 Å². The summed E-state index contributed by atoms with van der Waals surface area (Å²) in [6.07, 6.45) is 2.33. The van der Waals surface area contributed by atoms with Crippen LogP contribution < -0.4 is 14.9 Å². The largest absolute Gasteiger partial charge is 0.356 e. The summed E-state index contributed by atoms with van der Waals surface area (Å²) in [7, 11) is -3.86. The van der Waals surface area contributed by atoms with Crippen molar-refractivity contribution in [3.63, 3.8) is 0 Å². The van der Waals surface area contributed by atoms with Crippen LogP contribution in [-0.2, 0) is 10.0 Å². The Morgan fingerprint density at radius 3 is 2.37 bits per heavy atom. The number of aromatic nitrogens is 2. The maximum Gasteiger partial charge on any atom is 0.261 e. The second-order valence-corrected chi connectivity index (χ2v) is 8.80. The lowest BCUT2D eigenvalue weighted by molar-refractivity contribution is 0.595. The number of hydrogen-bond donors (Lipinski definition) is 2. The molecule has 0 radical (unpaired) electrons. The van der Waals surface area contributed by atoms with Crippen molar-refractivity contribution in [1.29, 1.82) is 0 Å². The zero-order valence-corrected chi connectivity index (χ0v) is 17.3. The van der Waals surface area contributed by atoms with Crippen LogP contribution in [-0.4, -0.2) is 31.5 Å². The van der Waals surface area contributed by atoms with Gasteiger partial charge in [0, 0.05) is 30.5 Å². The molecule has 1 saturated heterocycles. The van der Waals surface area contributed by atoms with Gasteiger partial charge < -0.3 is 10.2 Å². The molecule has 0 saturated carbocycles. The molecule has 0 atom stereocenters. The fraction of sp³-hybridized carbons (Fsp3) is 0.238. The Balaban J connectivity index is 1.48. The third kappa shape index (κ3) is 4.68. The van der Waals surface area contributed by atoms with E-state index in [1.165, 1.54) is 31.0 Å². The molecule has 0 aliphatic carbocycles. The van der Waals surface area contributed by atoms with Gasteiger partial charge in [-0.15, -0.1) is 0 Å². The molecule has 9 heteroatoms. The van der Waals surface area contributed by atoms with Gasteiger partial charge in [0.1, 0.15) is 23.3 Å². The third-order valence-corrected chi connectivity index (χ3v) is 6.15. The zero-order chi connectivity index (χ0) is 21.1. The van der Waals surface area contributed by atoms with Gasteiger partial charge in [0.25, 0.3) is 10.0 Å². The van der Waals surface area contributed by atoms with Crippen molar-refractivity contribution in [1.82, 2.24) is 9.97 Å². The molecule has 0 amide bonds. The molecule has 1 aliphatic rings. The number of nitrogens with zero attached hydrogens (tertiary/aromatic N) is 3. The van der Waals surface area contributed by atoms with Crippen LogP contribution in [0.5, 0.6) is 0 Å². The Labute approximate surface area is 175 Å². The smallest absolute Gasteiger partial charge is 0.261 e. The molecule has 4 rings (SSSR count). The Hall–Kier alpha value is -3.20. The van der Waals surface area contributed by atoms with Crippen LogP contribution in [0.3, 0.4) is 0 Å². The standard InChI is InChI=1S/C21H22FN5O2S/c1-15-23-20(14-21(24-15)27-11-2-3-12-27)25-17-7-9-18(10-8-17)26-30(28,29)19-6-4-5-16(22)13-19/h4-10,13-14,26H,2-3,11-12H2,1H3,(H,23,24,25). The lowest BCUT2D eigenvalue weighted by atomic mass is 10.3. The fourth-order valence-electron chi connectivity index (χ4n) is 3.34. The summed E-state index contributed by atoms with van der Waals surface area (Å²) >= 11 is 0. The molecular formula is C21H22FN5O2S. The van der Waals surface area contributed by atoms with Crippen LogP contribution in [0.15, 0.2) is 59.5 Å². The van der Waals surface area contributed by atoms with Gasteiger partial charge in [-0.3, -0.25) is 4.72 Å². The molecule has 2 heterocycles. The van der Waals surface area contributed by atoms with E-state index in [9.17, 15) is 12.8 Å². The van der Waals surface area contributed by atoms with Gasteiger partial charge in [-0.1, -0.05) is 6.07 Å². The molecule has 1 fully saturated rings. The minimum absolute atomic E-state index is 0.129. The second kappa shape index (κ2) is 8.27. The first kappa shape index (κ1) is 20.1. The topological polar surface area (TPSA) is 87.2 Å². The molecule has 0 bridgehead atoms. The molecule has 30 heavy (non-hydrogen) atoms. The highest BCUT2D eigenvalue weighted by atomic mass is 32.2. The number of hydrogen-bond acceptors (Lipinski definition) is 6. The average molecular weight is 428 g/mol. The SMILES string of the molecule is Cc1nc(Nc2ccc(NS(=O)(=O)c3cccc(F)c3)cc2)cc(N2CCCC2)n1. The fourth-order valence-corrected chi connectivity index (χ4v) is 4.43. The van der Waals surface area contributed by atoms with E-state index in [0.717, 1.165) is 30.7 Å². The van der Waals surface area contributed by atoms with Crippen molar-refractivity contribution in [2.24, 2.45) is 0 Å².